The van der Waals surface area contributed by atoms with E-state index in [9.17, 15) is 9.90 Å². The quantitative estimate of drug-likeness (QED) is 0.371. The first-order chi connectivity index (χ1) is 11.2. The summed E-state index contributed by atoms with van der Waals surface area (Å²) in [6.07, 6.45) is 0. The molecule has 0 bridgehead atoms. The number of aromatic carboxylic acids is 1. The zero-order chi connectivity index (χ0) is 16.7. The number of rotatable bonds is 3. The standard InChI is InChI=1S/C17H13O2P.HN3/c18-17(19)16-15(13-9-5-2-6-10-13)14(11-20-16)12-7-3-1-4-8-12;1-3-2/h1-11,20H,(H,18,19);1H. The number of carbonyl (C=O) groups is 1. The molecular formula is C17H14N3O2P. The van der Waals surface area contributed by atoms with E-state index in [-0.39, 0.29) is 8.19 Å². The van der Waals surface area contributed by atoms with Crippen LogP contribution in [0.3, 0.4) is 0 Å². The summed E-state index contributed by atoms with van der Waals surface area (Å²) in [5.74, 6) is 1.20. The van der Waals surface area contributed by atoms with Gasteiger partial charge < -0.3 is 5.11 Å². The van der Waals surface area contributed by atoms with Gasteiger partial charge in [0.1, 0.15) is 0 Å². The molecule has 0 saturated heterocycles. The van der Waals surface area contributed by atoms with Crippen LogP contribution in [0.1, 0.15) is 10.1 Å². The number of carboxylic acids is 1. The van der Waals surface area contributed by atoms with Gasteiger partial charge in [-0.2, -0.15) is 0 Å². The van der Waals surface area contributed by atoms with E-state index in [4.69, 9.17) is 11.1 Å². The van der Waals surface area contributed by atoms with Gasteiger partial charge in [0.05, 0.1) is 5.30 Å². The van der Waals surface area contributed by atoms with Gasteiger partial charge in [-0.3, -0.25) is 0 Å². The molecule has 3 rings (SSSR count). The van der Waals surface area contributed by atoms with E-state index in [1.54, 1.807) is 4.91 Å². The maximum absolute atomic E-state index is 11.5. The van der Waals surface area contributed by atoms with Crippen molar-refractivity contribution in [1.29, 1.82) is 5.53 Å². The van der Waals surface area contributed by atoms with E-state index in [1.807, 2.05) is 66.5 Å². The zero-order valence-corrected chi connectivity index (χ0v) is 13.1. The molecule has 114 valence electrons. The van der Waals surface area contributed by atoms with Crippen LogP contribution in [0, 0.1) is 5.53 Å². The molecule has 3 aromatic rings. The third-order valence-corrected chi connectivity index (χ3v) is 4.43. The molecule has 2 aromatic carbocycles. The van der Waals surface area contributed by atoms with Gasteiger partial charge in [-0.15, -0.1) is 13.7 Å². The summed E-state index contributed by atoms with van der Waals surface area (Å²) >= 11 is 0. The first kappa shape index (κ1) is 16.4. The largest absolute Gasteiger partial charge is 0.477 e. The first-order valence-corrected chi connectivity index (χ1v) is 7.83. The second-order valence-corrected chi connectivity index (χ2v) is 5.67. The van der Waals surface area contributed by atoms with Crippen LogP contribution in [0.15, 0.2) is 66.5 Å². The molecule has 0 aliphatic heterocycles. The maximum Gasteiger partial charge on any atom is 0.340 e. The summed E-state index contributed by atoms with van der Waals surface area (Å²) in [4.78, 5) is 13.2. The molecule has 23 heavy (non-hydrogen) atoms. The van der Waals surface area contributed by atoms with Crippen molar-refractivity contribution in [2.75, 3.05) is 0 Å². The van der Waals surface area contributed by atoms with Gasteiger partial charge >= 0.3 is 5.97 Å². The third kappa shape index (κ3) is 3.80. The first-order valence-electron chi connectivity index (χ1n) is 6.75. The zero-order valence-electron chi connectivity index (χ0n) is 12.1. The third-order valence-electron chi connectivity index (χ3n) is 3.24. The van der Waals surface area contributed by atoms with E-state index >= 15 is 0 Å². The predicted octanol–water partition coefficient (Wildman–Crippen LogP) is 5.63. The minimum atomic E-state index is -0.829. The van der Waals surface area contributed by atoms with Gasteiger partial charge in [0.15, 0.2) is 0 Å². The van der Waals surface area contributed by atoms with Crippen LogP contribution in [0.25, 0.3) is 32.7 Å². The molecule has 0 fully saturated rings. The van der Waals surface area contributed by atoms with E-state index in [1.165, 1.54) is 0 Å². The number of nitrogens with zero attached hydrogens (tertiary/aromatic N) is 2. The Labute approximate surface area is 134 Å². The predicted molar refractivity (Wildman–Crippen MR) is 93.2 cm³/mol. The average molecular weight is 323 g/mol. The second-order valence-electron chi connectivity index (χ2n) is 4.59. The topological polar surface area (TPSA) is 97.5 Å². The molecule has 0 amide bonds. The average Bonchev–Trinajstić information content (AvgIpc) is 3.02. The molecule has 0 saturated carbocycles. The Balaban J connectivity index is 0.000000595. The Morgan fingerprint density at radius 2 is 1.48 bits per heavy atom. The Kier molecular flexibility index (Phi) is 5.59. The number of carboxylic acid groups (broad SMARTS) is 1. The van der Waals surface area contributed by atoms with E-state index in [0.717, 1.165) is 22.3 Å². The fourth-order valence-electron chi connectivity index (χ4n) is 2.34. The molecular weight excluding hydrogens is 309 g/mol. The smallest absolute Gasteiger partial charge is 0.340 e. The molecule has 1 aromatic heterocycles. The van der Waals surface area contributed by atoms with Crippen LogP contribution < -0.4 is 0 Å². The van der Waals surface area contributed by atoms with Crippen molar-refractivity contribution in [2.45, 2.75) is 0 Å². The number of nitrogens with one attached hydrogen (secondary N) is 1. The minimum absolute atomic E-state index is 0.210. The molecule has 2 N–H and O–H groups in total. The normalized spacial score (nSPS) is 9.74. The van der Waals surface area contributed by atoms with Gasteiger partial charge in [-0.1, -0.05) is 60.7 Å². The van der Waals surface area contributed by atoms with Crippen LogP contribution >= 0.6 is 8.19 Å². The van der Waals surface area contributed by atoms with Gasteiger partial charge in [0.2, 0.25) is 0 Å². The monoisotopic (exact) mass is 323 g/mol. The SMILES string of the molecule is O=C(O)c1[pH]cc(-c2ccccc2)c1-c1ccccc1.[N-]=[N+]=N. The van der Waals surface area contributed by atoms with Crippen molar-refractivity contribution in [2.24, 2.45) is 0 Å². The number of hydrogen-bond donors (Lipinski definition) is 2. The summed E-state index contributed by atoms with van der Waals surface area (Å²) in [6, 6.07) is 19.7. The lowest BCUT2D eigenvalue weighted by atomic mass is 9.97. The van der Waals surface area contributed by atoms with Crippen LogP contribution in [-0.2, 0) is 0 Å². The Hall–Kier alpha value is -3.00. The highest BCUT2D eigenvalue weighted by Crippen LogP contribution is 2.41. The molecule has 0 radical (unpaired) electrons. The van der Waals surface area contributed by atoms with E-state index in [2.05, 4.69) is 0 Å². The van der Waals surface area contributed by atoms with Gasteiger partial charge in [0, 0.05) is 5.56 Å². The molecule has 0 aliphatic carbocycles. The molecule has 6 heteroatoms. The molecule has 1 unspecified atom stereocenters. The van der Waals surface area contributed by atoms with Crippen molar-refractivity contribution >= 4 is 14.2 Å². The lowest BCUT2D eigenvalue weighted by molar-refractivity contribution is 0.0703. The fourth-order valence-corrected chi connectivity index (χ4v) is 3.49. The summed E-state index contributed by atoms with van der Waals surface area (Å²) in [6.45, 7) is 0. The summed E-state index contributed by atoms with van der Waals surface area (Å²) in [5.41, 5.74) is 16.1. The van der Waals surface area contributed by atoms with E-state index < -0.39 is 5.97 Å². The van der Waals surface area contributed by atoms with Gasteiger partial charge in [-0.05, 0) is 32.9 Å². The van der Waals surface area contributed by atoms with Crippen molar-refractivity contribution in [1.82, 2.24) is 0 Å². The van der Waals surface area contributed by atoms with Gasteiger partial charge in [-0.25, -0.2) is 4.79 Å². The molecule has 0 aliphatic rings. The highest BCUT2D eigenvalue weighted by Gasteiger charge is 2.18. The van der Waals surface area contributed by atoms with Crippen molar-refractivity contribution in [3.05, 3.63) is 82.2 Å². The number of benzene rings is 2. The Bertz CT molecular complexity index is 824. The molecule has 1 atom stereocenters. The lowest BCUT2D eigenvalue weighted by Crippen LogP contribution is -1.95. The summed E-state index contributed by atoms with van der Waals surface area (Å²) in [5, 5.41) is 9.92. The molecule has 5 nitrogen and oxygen atoms in total. The second kappa shape index (κ2) is 7.85. The van der Waals surface area contributed by atoms with Crippen LogP contribution in [0.5, 0.6) is 0 Å². The lowest BCUT2D eigenvalue weighted by Gasteiger charge is -2.07. The van der Waals surface area contributed by atoms with Crippen molar-refractivity contribution < 1.29 is 9.90 Å². The van der Waals surface area contributed by atoms with Crippen LogP contribution in [0.2, 0.25) is 0 Å². The maximum atomic E-state index is 11.5. The summed E-state index contributed by atoms with van der Waals surface area (Å²) in [7, 11) is 0.210. The highest BCUT2D eigenvalue weighted by atomic mass is 31.0. The molecule has 1 heterocycles. The van der Waals surface area contributed by atoms with Crippen LogP contribution in [0.4, 0.5) is 0 Å². The van der Waals surface area contributed by atoms with E-state index in [0.29, 0.717) is 5.30 Å². The number of hydrogen-bond acceptors (Lipinski definition) is 2. The van der Waals surface area contributed by atoms with Crippen LogP contribution in [-0.4, -0.2) is 11.1 Å². The van der Waals surface area contributed by atoms with Crippen molar-refractivity contribution in [3.8, 4) is 22.3 Å². The van der Waals surface area contributed by atoms with Gasteiger partial charge in [0.25, 0.3) is 0 Å². The van der Waals surface area contributed by atoms with Crippen molar-refractivity contribution in [3.63, 3.8) is 0 Å². The Morgan fingerprint density at radius 3 is 1.96 bits per heavy atom. The Morgan fingerprint density at radius 1 is 1.00 bits per heavy atom. The summed E-state index contributed by atoms with van der Waals surface area (Å²) < 4.78 is 0. The minimum Gasteiger partial charge on any atom is -0.477 e. The molecule has 0 spiro atoms. The highest BCUT2D eigenvalue weighted by molar-refractivity contribution is 7.32. The fraction of sp³-hybridized carbons (Fsp3) is 0.